The van der Waals surface area contributed by atoms with Crippen LogP contribution < -0.4 is 4.74 Å². The first-order valence-corrected chi connectivity index (χ1v) is 13.2. The van der Waals surface area contributed by atoms with Crippen LogP contribution in [0.5, 0.6) is 5.75 Å². The number of ether oxygens (including phenoxy) is 1. The smallest absolute Gasteiger partial charge is 0.273 e. The molecule has 0 N–H and O–H groups in total. The quantitative estimate of drug-likeness (QED) is 0.440. The molecular formula is C28H30FN3O3S. The Labute approximate surface area is 214 Å². The predicted molar refractivity (Wildman–Crippen MR) is 137 cm³/mol. The number of carbonyl (C=O) groups excluding carboxylic acids is 2. The van der Waals surface area contributed by atoms with E-state index in [0.29, 0.717) is 23.0 Å². The van der Waals surface area contributed by atoms with Crippen LogP contribution in [0.1, 0.15) is 64.9 Å². The predicted octanol–water partition coefficient (Wildman–Crippen LogP) is 5.23. The maximum absolute atomic E-state index is 13.7. The molecule has 0 saturated heterocycles. The van der Waals surface area contributed by atoms with Gasteiger partial charge in [-0.2, -0.15) is 0 Å². The Hall–Kier alpha value is -3.26. The second kappa shape index (κ2) is 10.0. The summed E-state index contributed by atoms with van der Waals surface area (Å²) in [7, 11) is 1.77. The van der Waals surface area contributed by atoms with Gasteiger partial charge in [0.25, 0.3) is 5.91 Å². The van der Waals surface area contributed by atoms with E-state index in [4.69, 9.17) is 4.74 Å². The highest BCUT2D eigenvalue weighted by Crippen LogP contribution is 2.41. The molecule has 2 amide bonds. The van der Waals surface area contributed by atoms with E-state index in [1.54, 1.807) is 29.5 Å². The summed E-state index contributed by atoms with van der Waals surface area (Å²) >= 11 is 1.40. The maximum Gasteiger partial charge on any atom is 0.273 e. The Morgan fingerprint density at radius 2 is 1.94 bits per heavy atom. The topological polar surface area (TPSA) is 62.7 Å². The van der Waals surface area contributed by atoms with Gasteiger partial charge in [0.05, 0.1) is 6.04 Å². The van der Waals surface area contributed by atoms with E-state index in [9.17, 15) is 14.0 Å². The van der Waals surface area contributed by atoms with E-state index >= 15 is 0 Å². The Balaban J connectivity index is 1.38. The zero-order valence-corrected chi connectivity index (χ0v) is 21.6. The molecule has 0 spiro atoms. The molecular weight excluding hydrogens is 477 g/mol. The molecule has 2 heterocycles. The summed E-state index contributed by atoms with van der Waals surface area (Å²) in [5.41, 5.74) is 3.48. The molecule has 1 saturated carbocycles. The highest BCUT2D eigenvalue weighted by molar-refractivity contribution is 7.09. The summed E-state index contributed by atoms with van der Waals surface area (Å²) in [6, 6.07) is 12.2. The van der Waals surface area contributed by atoms with Gasteiger partial charge in [-0.25, -0.2) is 9.37 Å². The molecule has 0 bridgehead atoms. The molecule has 1 unspecified atom stereocenters. The molecule has 2 aromatic carbocycles. The first-order valence-electron chi connectivity index (χ1n) is 12.3. The Morgan fingerprint density at radius 3 is 2.64 bits per heavy atom. The van der Waals surface area contributed by atoms with Crippen molar-refractivity contribution in [2.75, 3.05) is 13.6 Å². The number of fused-ring (bicyclic) bond motifs is 1. The van der Waals surface area contributed by atoms with Gasteiger partial charge in [-0.15, -0.1) is 11.3 Å². The number of hydrogen-bond acceptors (Lipinski definition) is 5. The third-order valence-corrected chi connectivity index (χ3v) is 7.79. The van der Waals surface area contributed by atoms with E-state index < -0.39 is 0 Å². The minimum Gasteiger partial charge on any atom is -0.486 e. The van der Waals surface area contributed by atoms with Crippen LogP contribution >= 0.6 is 11.3 Å². The summed E-state index contributed by atoms with van der Waals surface area (Å²) in [5, 5.41) is 2.48. The molecule has 5 rings (SSSR count). The van der Waals surface area contributed by atoms with Gasteiger partial charge in [0.2, 0.25) is 5.91 Å². The highest BCUT2D eigenvalue weighted by atomic mass is 32.1. The SMILES string of the molecule is CC(C)N(C)C(=O)c1csc(COc2ccc3c(c2)C(c2ccc(F)cc2)N(C(=O)C2CC2)CC3)n1. The van der Waals surface area contributed by atoms with Gasteiger partial charge in [0, 0.05) is 30.9 Å². The van der Waals surface area contributed by atoms with Crippen LogP contribution in [0.3, 0.4) is 0 Å². The Bertz CT molecular complexity index is 1270. The lowest BCUT2D eigenvalue weighted by atomic mass is 9.87. The normalized spacial score (nSPS) is 17.1. The lowest BCUT2D eigenvalue weighted by Gasteiger charge is -2.38. The summed E-state index contributed by atoms with van der Waals surface area (Å²) in [5.74, 6) is 0.541. The van der Waals surface area contributed by atoms with Crippen molar-refractivity contribution >= 4 is 23.2 Å². The van der Waals surface area contributed by atoms with Crippen LogP contribution in [0, 0.1) is 11.7 Å². The van der Waals surface area contributed by atoms with Crippen LogP contribution in [0.15, 0.2) is 47.8 Å². The van der Waals surface area contributed by atoms with Crippen molar-refractivity contribution in [3.63, 3.8) is 0 Å². The van der Waals surface area contributed by atoms with Crippen molar-refractivity contribution in [1.29, 1.82) is 0 Å². The van der Waals surface area contributed by atoms with Crippen LogP contribution in [-0.2, 0) is 17.8 Å². The lowest BCUT2D eigenvalue weighted by Crippen LogP contribution is -2.41. The van der Waals surface area contributed by atoms with Crippen LogP contribution in [-0.4, -0.2) is 46.2 Å². The lowest BCUT2D eigenvalue weighted by molar-refractivity contribution is -0.134. The Morgan fingerprint density at radius 1 is 1.19 bits per heavy atom. The van der Waals surface area contributed by atoms with Crippen molar-refractivity contribution in [2.24, 2.45) is 5.92 Å². The molecule has 1 aliphatic heterocycles. The fraction of sp³-hybridized carbons (Fsp3) is 0.393. The molecule has 2 aliphatic rings. The largest absolute Gasteiger partial charge is 0.486 e. The summed E-state index contributed by atoms with van der Waals surface area (Å²) in [4.78, 5) is 33.8. The number of amides is 2. The molecule has 1 aromatic heterocycles. The second-order valence-electron chi connectivity index (χ2n) is 9.80. The zero-order valence-electron chi connectivity index (χ0n) is 20.7. The monoisotopic (exact) mass is 507 g/mol. The van der Waals surface area contributed by atoms with Crippen molar-refractivity contribution in [3.05, 3.63) is 81.1 Å². The standard InChI is InChI=1S/C28H30FN3O3S/c1-17(2)31(3)28(34)24-16-36-25(30-24)15-35-22-11-8-18-12-13-32(27(33)20-4-5-20)26(23(18)14-22)19-6-9-21(29)10-7-19/h6-11,14,16-17,20,26H,4-5,12-13,15H2,1-3H3. The van der Waals surface area contributed by atoms with E-state index in [0.717, 1.165) is 36.0 Å². The highest BCUT2D eigenvalue weighted by Gasteiger charge is 2.39. The van der Waals surface area contributed by atoms with E-state index in [2.05, 4.69) is 11.1 Å². The number of aromatic nitrogens is 1. The maximum atomic E-state index is 13.7. The second-order valence-corrected chi connectivity index (χ2v) is 10.7. The van der Waals surface area contributed by atoms with Gasteiger partial charge in [0.1, 0.15) is 28.9 Å². The first-order chi connectivity index (χ1) is 17.3. The summed E-state index contributed by atoms with van der Waals surface area (Å²) in [6.07, 6.45) is 2.65. The molecule has 0 radical (unpaired) electrons. The average Bonchev–Trinajstić information content (AvgIpc) is 3.63. The van der Waals surface area contributed by atoms with Crippen molar-refractivity contribution in [3.8, 4) is 5.75 Å². The molecule has 3 aromatic rings. The fourth-order valence-corrected chi connectivity index (χ4v) is 5.20. The van der Waals surface area contributed by atoms with Crippen LogP contribution in [0.4, 0.5) is 4.39 Å². The first kappa shape index (κ1) is 24.4. The van der Waals surface area contributed by atoms with Crippen molar-refractivity contribution in [1.82, 2.24) is 14.8 Å². The van der Waals surface area contributed by atoms with E-state index in [1.807, 2.05) is 30.9 Å². The number of carbonyl (C=O) groups is 2. The number of rotatable bonds is 7. The third-order valence-electron chi connectivity index (χ3n) is 6.97. The Kier molecular flexibility index (Phi) is 6.79. The average molecular weight is 508 g/mol. The van der Waals surface area contributed by atoms with Gasteiger partial charge < -0.3 is 14.5 Å². The molecule has 8 heteroatoms. The van der Waals surface area contributed by atoms with Crippen LogP contribution in [0.25, 0.3) is 0 Å². The van der Waals surface area contributed by atoms with Gasteiger partial charge in [-0.3, -0.25) is 9.59 Å². The summed E-state index contributed by atoms with van der Waals surface area (Å²) < 4.78 is 19.8. The number of nitrogens with zero attached hydrogens (tertiary/aromatic N) is 3. The van der Waals surface area contributed by atoms with Gasteiger partial charge >= 0.3 is 0 Å². The molecule has 1 aliphatic carbocycles. The van der Waals surface area contributed by atoms with Crippen molar-refractivity contribution < 1.29 is 18.7 Å². The third kappa shape index (κ3) is 5.00. The molecule has 188 valence electrons. The van der Waals surface area contributed by atoms with Gasteiger partial charge in [-0.05, 0) is 74.1 Å². The summed E-state index contributed by atoms with van der Waals surface area (Å²) in [6.45, 7) is 4.81. The molecule has 6 nitrogen and oxygen atoms in total. The fourth-order valence-electron chi connectivity index (χ4n) is 4.53. The minimum atomic E-state index is -0.298. The molecule has 36 heavy (non-hydrogen) atoms. The zero-order chi connectivity index (χ0) is 25.4. The molecule has 1 fully saturated rings. The molecule has 1 atom stereocenters. The van der Waals surface area contributed by atoms with E-state index in [1.165, 1.54) is 23.5 Å². The number of halogens is 1. The van der Waals surface area contributed by atoms with Crippen LogP contribution in [0.2, 0.25) is 0 Å². The number of hydrogen-bond donors (Lipinski definition) is 0. The van der Waals surface area contributed by atoms with E-state index in [-0.39, 0.29) is 42.2 Å². The van der Waals surface area contributed by atoms with Gasteiger partial charge in [0.15, 0.2) is 0 Å². The number of thiazole rings is 1. The minimum absolute atomic E-state index is 0.0924. The van der Waals surface area contributed by atoms with Crippen molar-refractivity contribution in [2.45, 2.75) is 51.8 Å². The number of benzene rings is 2. The van der Waals surface area contributed by atoms with Gasteiger partial charge in [-0.1, -0.05) is 18.2 Å².